The van der Waals surface area contributed by atoms with Crippen LogP contribution in [0.3, 0.4) is 0 Å². The number of hydrogen-bond donors (Lipinski definition) is 2. The minimum atomic E-state index is 0.470. The topological polar surface area (TPSA) is 111 Å². The van der Waals surface area contributed by atoms with Crippen molar-refractivity contribution in [1.29, 1.82) is 0 Å². The van der Waals surface area contributed by atoms with Crippen LogP contribution in [-0.2, 0) is 0 Å². The van der Waals surface area contributed by atoms with E-state index in [0.717, 1.165) is 53.2 Å². The maximum Gasteiger partial charge on any atom is 0.182 e. The molecule has 4 aromatic heterocycles. The normalized spacial score (nSPS) is 16.1. The molecule has 1 unspecified atom stereocenters. The molecule has 1 aliphatic heterocycles. The Morgan fingerprint density at radius 2 is 2.00 bits per heavy atom. The van der Waals surface area contributed by atoms with E-state index in [1.807, 2.05) is 61.2 Å². The first kappa shape index (κ1) is 20.4. The van der Waals surface area contributed by atoms with E-state index in [1.165, 1.54) is 6.33 Å². The molecule has 0 amide bonds. The molecule has 0 saturated carbocycles. The van der Waals surface area contributed by atoms with Gasteiger partial charge in [0.25, 0.3) is 0 Å². The third kappa shape index (κ3) is 3.48. The van der Waals surface area contributed by atoms with Crippen molar-refractivity contribution in [2.24, 2.45) is 0 Å². The number of aryl methyl sites for hydroxylation is 1. The van der Waals surface area contributed by atoms with Gasteiger partial charge in [-0.2, -0.15) is 5.10 Å². The minimum absolute atomic E-state index is 0.470. The molecule has 5 aromatic rings. The number of fused-ring (bicyclic) bond motifs is 2. The number of nitrogens with two attached hydrogens (primary N) is 1. The Labute approximate surface area is 196 Å². The monoisotopic (exact) mass is 455 g/mol. The van der Waals surface area contributed by atoms with E-state index in [9.17, 15) is 0 Å². The molecule has 10 nitrogen and oxygen atoms in total. The van der Waals surface area contributed by atoms with Gasteiger partial charge in [0.2, 0.25) is 0 Å². The fourth-order valence-electron chi connectivity index (χ4n) is 4.52. The van der Waals surface area contributed by atoms with Gasteiger partial charge in [0.15, 0.2) is 17.3 Å². The van der Waals surface area contributed by atoms with Gasteiger partial charge in [-0.25, -0.2) is 19.0 Å². The zero-order valence-electron chi connectivity index (χ0n) is 19.0. The number of likely N-dealkylation sites (N-methyl/N-ethyl adjacent to an activating group) is 1. The molecule has 1 saturated heterocycles. The third-order valence-electron chi connectivity index (χ3n) is 6.37. The molecule has 10 heteroatoms. The maximum absolute atomic E-state index is 6.43. The van der Waals surface area contributed by atoms with E-state index in [2.05, 4.69) is 31.3 Å². The highest BCUT2D eigenvalue weighted by atomic mass is 16.5. The Kier molecular flexibility index (Phi) is 4.80. The fraction of sp³-hybridized carbons (Fsp3) is 0.250. The van der Waals surface area contributed by atoms with Crippen molar-refractivity contribution in [3.05, 3.63) is 60.7 Å². The number of hydrogen-bond acceptors (Lipinski definition) is 8. The van der Waals surface area contributed by atoms with E-state index in [-0.39, 0.29) is 0 Å². The summed E-state index contributed by atoms with van der Waals surface area (Å²) >= 11 is 0. The summed E-state index contributed by atoms with van der Waals surface area (Å²) in [5.41, 5.74) is 10.9. The van der Waals surface area contributed by atoms with Crippen LogP contribution in [0.2, 0.25) is 0 Å². The van der Waals surface area contributed by atoms with E-state index in [4.69, 9.17) is 15.6 Å². The lowest BCUT2D eigenvalue weighted by atomic mass is 10.1. The van der Waals surface area contributed by atoms with Crippen molar-refractivity contribution in [2.75, 3.05) is 30.8 Å². The molecule has 1 atom stereocenters. The summed E-state index contributed by atoms with van der Waals surface area (Å²) in [5.74, 6) is 2.48. The summed E-state index contributed by atoms with van der Waals surface area (Å²) < 4.78 is 9.60. The summed E-state index contributed by atoms with van der Waals surface area (Å²) in [4.78, 5) is 11.2. The number of aromatic nitrogens is 6. The molecule has 34 heavy (non-hydrogen) atoms. The third-order valence-corrected chi connectivity index (χ3v) is 6.37. The van der Waals surface area contributed by atoms with Gasteiger partial charge in [0.1, 0.15) is 23.3 Å². The summed E-state index contributed by atoms with van der Waals surface area (Å²) in [5, 5.41) is 12.2. The average molecular weight is 456 g/mol. The van der Waals surface area contributed by atoms with Gasteiger partial charge in [-0.15, -0.1) is 5.10 Å². The number of rotatable bonds is 5. The largest absolute Gasteiger partial charge is 0.457 e. The standard InChI is InChI=1S/C24H25N9O/c1-15-11-16(3-4-20(15)34-18-6-9-32-21(12-18)27-14-28-32)24-29-23(25)22-19(7-10-33(22)30-24)31-8-5-17(13-31)26-2/h3-4,6-7,9-12,14,17,26H,5,8,13H2,1-2H3,(H2,25,29,30). The number of nitrogens with zero attached hydrogens (tertiary/aromatic N) is 7. The van der Waals surface area contributed by atoms with Crippen LogP contribution >= 0.6 is 0 Å². The van der Waals surface area contributed by atoms with Crippen LogP contribution in [0.1, 0.15) is 12.0 Å². The molecule has 5 heterocycles. The molecule has 3 N–H and O–H groups in total. The predicted molar refractivity (Wildman–Crippen MR) is 130 cm³/mol. The smallest absolute Gasteiger partial charge is 0.182 e. The number of benzene rings is 1. The van der Waals surface area contributed by atoms with Gasteiger partial charge in [-0.3, -0.25) is 0 Å². The Balaban J connectivity index is 1.29. The summed E-state index contributed by atoms with van der Waals surface area (Å²) in [6.07, 6.45) is 6.39. The van der Waals surface area contributed by atoms with Crippen molar-refractivity contribution in [3.63, 3.8) is 0 Å². The first-order valence-electron chi connectivity index (χ1n) is 11.2. The highest BCUT2D eigenvalue weighted by Gasteiger charge is 2.24. The highest BCUT2D eigenvalue weighted by Crippen LogP contribution is 2.32. The Morgan fingerprint density at radius 3 is 2.82 bits per heavy atom. The Morgan fingerprint density at radius 1 is 1.12 bits per heavy atom. The number of pyridine rings is 1. The lowest BCUT2D eigenvalue weighted by molar-refractivity contribution is 0.478. The molecule has 0 aliphatic carbocycles. The molecule has 1 aromatic carbocycles. The first-order valence-corrected chi connectivity index (χ1v) is 11.2. The second-order valence-electron chi connectivity index (χ2n) is 8.54. The van der Waals surface area contributed by atoms with Crippen LogP contribution in [0, 0.1) is 6.92 Å². The number of anilines is 2. The van der Waals surface area contributed by atoms with Gasteiger partial charge in [0, 0.05) is 43.2 Å². The van der Waals surface area contributed by atoms with Crippen LogP contribution < -0.4 is 20.7 Å². The van der Waals surface area contributed by atoms with Gasteiger partial charge < -0.3 is 20.7 Å². The maximum atomic E-state index is 6.43. The molecule has 172 valence electrons. The van der Waals surface area contributed by atoms with Crippen molar-refractivity contribution in [3.8, 4) is 22.9 Å². The molecule has 1 fully saturated rings. The molecular weight excluding hydrogens is 430 g/mol. The van der Waals surface area contributed by atoms with Crippen molar-refractivity contribution >= 4 is 22.7 Å². The van der Waals surface area contributed by atoms with Crippen molar-refractivity contribution in [1.82, 2.24) is 34.5 Å². The SMILES string of the molecule is CNC1CCN(c2ccn3nc(-c4ccc(Oc5ccn6ncnc6c5)c(C)c4)nc(N)c23)C1. The second-order valence-corrected chi connectivity index (χ2v) is 8.54. The van der Waals surface area contributed by atoms with Crippen molar-refractivity contribution in [2.45, 2.75) is 19.4 Å². The summed E-state index contributed by atoms with van der Waals surface area (Å²) in [6.45, 7) is 3.93. The number of nitrogen functional groups attached to an aromatic ring is 1. The van der Waals surface area contributed by atoms with Gasteiger partial charge in [-0.05, 0) is 56.3 Å². The summed E-state index contributed by atoms with van der Waals surface area (Å²) in [7, 11) is 2.00. The minimum Gasteiger partial charge on any atom is -0.457 e. The number of nitrogens with one attached hydrogen (secondary N) is 1. The Hall–Kier alpha value is -4.18. The second kappa shape index (κ2) is 7.99. The van der Waals surface area contributed by atoms with Crippen LogP contribution in [0.4, 0.5) is 11.5 Å². The zero-order chi connectivity index (χ0) is 23.2. The molecule has 0 spiro atoms. The first-order chi connectivity index (χ1) is 16.6. The number of ether oxygens (including phenoxy) is 1. The van der Waals surface area contributed by atoms with Crippen LogP contribution in [0.25, 0.3) is 22.6 Å². The lowest BCUT2D eigenvalue weighted by Crippen LogP contribution is -2.29. The van der Waals surface area contributed by atoms with Gasteiger partial charge in [0.05, 0.1) is 5.69 Å². The van der Waals surface area contributed by atoms with E-state index < -0.39 is 0 Å². The van der Waals surface area contributed by atoms with E-state index >= 15 is 0 Å². The molecule has 1 aliphatic rings. The van der Waals surface area contributed by atoms with Crippen LogP contribution in [0.15, 0.2) is 55.1 Å². The van der Waals surface area contributed by atoms with Crippen molar-refractivity contribution < 1.29 is 4.74 Å². The van der Waals surface area contributed by atoms with Crippen LogP contribution in [-0.4, -0.2) is 55.4 Å². The Bertz CT molecular complexity index is 1510. The highest BCUT2D eigenvalue weighted by molar-refractivity contribution is 5.84. The van der Waals surface area contributed by atoms with Crippen LogP contribution in [0.5, 0.6) is 11.5 Å². The zero-order valence-corrected chi connectivity index (χ0v) is 19.0. The predicted octanol–water partition coefficient (Wildman–Crippen LogP) is 2.92. The average Bonchev–Trinajstić information content (AvgIpc) is 3.59. The summed E-state index contributed by atoms with van der Waals surface area (Å²) in [6, 6.07) is 12.1. The lowest BCUT2D eigenvalue weighted by Gasteiger charge is -2.18. The van der Waals surface area contributed by atoms with E-state index in [0.29, 0.717) is 23.4 Å². The van der Waals surface area contributed by atoms with Gasteiger partial charge in [-0.1, -0.05) is 0 Å². The molecule has 0 radical (unpaired) electrons. The molecular formula is C24H25N9O. The molecule has 0 bridgehead atoms. The fourth-order valence-corrected chi connectivity index (χ4v) is 4.52. The quantitative estimate of drug-likeness (QED) is 0.416. The van der Waals surface area contributed by atoms with Gasteiger partial charge >= 0.3 is 0 Å². The van der Waals surface area contributed by atoms with E-state index in [1.54, 1.807) is 4.52 Å². The molecule has 6 rings (SSSR count).